The summed E-state index contributed by atoms with van der Waals surface area (Å²) >= 11 is 1.75. The first-order valence-electron chi connectivity index (χ1n) is 8.29. The van der Waals surface area contributed by atoms with E-state index in [1.54, 1.807) is 11.3 Å². The SMILES string of the molecule is CN=C(NCCc1ncc(C)s1)NCC(C)N1CCOCC1C.I. The second-order valence-electron chi connectivity index (χ2n) is 6.01. The normalized spacial score (nSPS) is 20.3. The van der Waals surface area contributed by atoms with Crippen LogP contribution in [0.2, 0.25) is 0 Å². The zero-order valence-corrected chi connectivity index (χ0v) is 18.2. The number of ether oxygens (including phenoxy) is 1. The van der Waals surface area contributed by atoms with Crippen LogP contribution >= 0.6 is 35.3 Å². The van der Waals surface area contributed by atoms with E-state index in [1.807, 2.05) is 13.2 Å². The van der Waals surface area contributed by atoms with E-state index in [1.165, 1.54) is 9.88 Å². The molecule has 1 aliphatic rings. The summed E-state index contributed by atoms with van der Waals surface area (Å²) in [7, 11) is 1.81. The van der Waals surface area contributed by atoms with E-state index in [-0.39, 0.29) is 24.0 Å². The summed E-state index contributed by atoms with van der Waals surface area (Å²) in [6, 6.07) is 0.928. The Hall–Kier alpha value is -0.450. The molecule has 1 aromatic heterocycles. The first kappa shape index (κ1) is 21.6. The van der Waals surface area contributed by atoms with Crippen molar-refractivity contribution in [3.05, 3.63) is 16.1 Å². The van der Waals surface area contributed by atoms with Crippen molar-refractivity contribution < 1.29 is 4.74 Å². The first-order chi connectivity index (χ1) is 11.1. The Morgan fingerprint density at radius 1 is 1.54 bits per heavy atom. The predicted molar refractivity (Wildman–Crippen MR) is 112 cm³/mol. The third kappa shape index (κ3) is 6.81. The molecule has 138 valence electrons. The van der Waals surface area contributed by atoms with Crippen LogP contribution < -0.4 is 10.6 Å². The Morgan fingerprint density at radius 3 is 2.96 bits per heavy atom. The maximum atomic E-state index is 5.50. The second kappa shape index (κ2) is 11.2. The van der Waals surface area contributed by atoms with Gasteiger partial charge in [-0.15, -0.1) is 35.3 Å². The maximum absolute atomic E-state index is 5.50. The van der Waals surface area contributed by atoms with Gasteiger partial charge in [0, 0.05) is 56.3 Å². The van der Waals surface area contributed by atoms with Crippen LogP contribution in [0.3, 0.4) is 0 Å². The molecule has 2 N–H and O–H groups in total. The van der Waals surface area contributed by atoms with Crippen LogP contribution in [0.1, 0.15) is 23.7 Å². The number of thiazole rings is 1. The average Bonchev–Trinajstić information content (AvgIpc) is 2.96. The van der Waals surface area contributed by atoms with E-state index in [0.29, 0.717) is 12.1 Å². The standard InChI is InChI=1S/C16H29N5OS.HI/c1-12(21-7-8-22-11-13(21)2)9-20-16(17-4)18-6-5-15-19-10-14(3)23-15;/h10,12-13H,5-9,11H2,1-4H3,(H2,17,18,20);1H. The van der Waals surface area contributed by atoms with Crippen molar-refractivity contribution in [3.8, 4) is 0 Å². The predicted octanol–water partition coefficient (Wildman–Crippen LogP) is 1.89. The van der Waals surface area contributed by atoms with Crippen LogP contribution in [-0.4, -0.2) is 67.8 Å². The number of aromatic nitrogens is 1. The largest absolute Gasteiger partial charge is 0.379 e. The maximum Gasteiger partial charge on any atom is 0.191 e. The fourth-order valence-corrected chi connectivity index (χ4v) is 3.57. The highest BCUT2D eigenvalue weighted by molar-refractivity contribution is 14.0. The zero-order chi connectivity index (χ0) is 16.7. The van der Waals surface area contributed by atoms with Crippen LogP contribution in [-0.2, 0) is 11.2 Å². The van der Waals surface area contributed by atoms with Crippen molar-refractivity contribution in [2.75, 3.05) is 39.9 Å². The number of nitrogens with zero attached hydrogens (tertiary/aromatic N) is 3. The molecule has 0 radical (unpaired) electrons. The van der Waals surface area contributed by atoms with Crippen molar-refractivity contribution in [3.63, 3.8) is 0 Å². The van der Waals surface area contributed by atoms with Crippen LogP contribution in [0.4, 0.5) is 0 Å². The highest BCUT2D eigenvalue weighted by Crippen LogP contribution is 2.11. The number of aliphatic imine (C=N–C) groups is 1. The minimum absolute atomic E-state index is 0. The molecule has 2 rings (SSSR count). The number of nitrogens with one attached hydrogen (secondary N) is 2. The van der Waals surface area contributed by atoms with Gasteiger partial charge in [-0.3, -0.25) is 9.89 Å². The van der Waals surface area contributed by atoms with Crippen molar-refractivity contribution in [2.45, 2.75) is 39.3 Å². The van der Waals surface area contributed by atoms with Crippen LogP contribution in [0.15, 0.2) is 11.2 Å². The number of aryl methyl sites for hydroxylation is 1. The lowest BCUT2D eigenvalue weighted by atomic mass is 10.2. The lowest BCUT2D eigenvalue weighted by Crippen LogP contribution is -2.53. The van der Waals surface area contributed by atoms with E-state index in [0.717, 1.165) is 45.2 Å². The molecule has 0 aromatic carbocycles. The van der Waals surface area contributed by atoms with Crippen LogP contribution in [0.25, 0.3) is 0 Å². The highest BCUT2D eigenvalue weighted by atomic mass is 127. The first-order valence-corrected chi connectivity index (χ1v) is 9.11. The summed E-state index contributed by atoms with van der Waals surface area (Å²) in [5.74, 6) is 0.853. The summed E-state index contributed by atoms with van der Waals surface area (Å²) in [4.78, 5) is 12.4. The van der Waals surface area contributed by atoms with Gasteiger partial charge in [-0.25, -0.2) is 4.98 Å². The number of hydrogen-bond acceptors (Lipinski definition) is 5. The molecule has 0 amide bonds. The van der Waals surface area contributed by atoms with Gasteiger partial charge in [-0.05, 0) is 20.8 Å². The van der Waals surface area contributed by atoms with Gasteiger partial charge in [0.05, 0.1) is 18.2 Å². The Kier molecular flexibility index (Phi) is 10.1. The summed E-state index contributed by atoms with van der Waals surface area (Å²) < 4.78 is 5.50. The van der Waals surface area contributed by atoms with E-state index in [9.17, 15) is 0 Å². The quantitative estimate of drug-likeness (QED) is 0.380. The molecule has 2 unspecified atom stereocenters. The zero-order valence-electron chi connectivity index (χ0n) is 15.0. The van der Waals surface area contributed by atoms with Gasteiger partial charge in [-0.2, -0.15) is 0 Å². The van der Waals surface area contributed by atoms with Gasteiger partial charge >= 0.3 is 0 Å². The minimum atomic E-state index is 0. The number of hydrogen-bond donors (Lipinski definition) is 2. The van der Waals surface area contributed by atoms with E-state index >= 15 is 0 Å². The van der Waals surface area contributed by atoms with Gasteiger partial charge in [0.2, 0.25) is 0 Å². The summed E-state index contributed by atoms with van der Waals surface area (Å²) in [5.41, 5.74) is 0. The van der Waals surface area contributed by atoms with Gasteiger partial charge in [-0.1, -0.05) is 0 Å². The van der Waals surface area contributed by atoms with Crippen molar-refractivity contribution >= 4 is 41.3 Å². The Labute approximate surface area is 166 Å². The molecule has 8 heteroatoms. The molecule has 2 heterocycles. The molecular weight excluding hydrogens is 437 g/mol. The van der Waals surface area contributed by atoms with Gasteiger partial charge in [0.1, 0.15) is 0 Å². The van der Waals surface area contributed by atoms with Crippen molar-refractivity contribution in [2.24, 2.45) is 4.99 Å². The number of rotatable bonds is 6. The molecule has 1 aliphatic heterocycles. The lowest BCUT2D eigenvalue weighted by molar-refractivity contribution is -0.0174. The highest BCUT2D eigenvalue weighted by Gasteiger charge is 2.23. The molecule has 1 fully saturated rings. The number of guanidine groups is 1. The number of halogens is 1. The molecule has 0 saturated carbocycles. The topological polar surface area (TPSA) is 61.8 Å². The van der Waals surface area contributed by atoms with Gasteiger partial charge in [0.25, 0.3) is 0 Å². The number of morpholine rings is 1. The summed E-state index contributed by atoms with van der Waals surface area (Å²) in [6.07, 6.45) is 2.85. The average molecular weight is 467 g/mol. The monoisotopic (exact) mass is 467 g/mol. The summed E-state index contributed by atoms with van der Waals surface area (Å²) in [6.45, 7) is 10.9. The van der Waals surface area contributed by atoms with Gasteiger partial charge < -0.3 is 15.4 Å². The molecule has 1 saturated heterocycles. The Morgan fingerprint density at radius 2 is 2.33 bits per heavy atom. The second-order valence-corrected chi connectivity index (χ2v) is 7.32. The fourth-order valence-electron chi connectivity index (χ4n) is 2.78. The molecular formula is C16H30IN5OS. The van der Waals surface area contributed by atoms with Crippen LogP contribution in [0.5, 0.6) is 0 Å². The van der Waals surface area contributed by atoms with Crippen molar-refractivity contribution in [1.82, 2.24) is 20.5 Å². The van der Waals surface area contributed by atoms with Crippen LogP contribution in [0, 0.1) is 6.92 Å². The Balaban J connectivity index is 0.00000288. The molecule has 24 heavy (non-hydrogen) atoms. The van der Waals surface area contributed by atoms with E-state index in [4.69, 9.17) is 4.74 Å². The molecule has 1 aromatic rings. The van der Waals surface area contributed by atoms with Crippen molar-refractivity contribution in [1.29, 1.82) is 0 Å². The molecule has 2 atom stereocenters. The molecule has 0 spiro atoms. The molecule has 0 bridgehead atoms. The molecule has 6 nitrogen and oxygen atoms in total. The fraction of sp³-hybridized carbons (Fsp3) is 0.750. The summed E-state index contributed by atoms with van der Waals surface area (Å²) in [5, 5.41) is 7.94. The molecule has 0 aliphatic carbocycles. The third-order valence-electron chi connectivity index (χ3n) is 4.07. The Bertz CT molecular complexity index is 510. The van der Waals surface area contributed by atoms with Gasteiger partial charge in [0.15, 0.2) is 5.96 Å². The third-order valence-corrected chi connectivity index (χ3v) is 5.05. The smallest absolute Gasteiger partial charge is 0.191 e. The van der Waals surface area contributed by atoms with E-state index < -0.39 is 0 Å². The minimum Gasteiger partial charge on any atom is -0.379 e. The lowest BCUT2D eigenvalue weighted by Gasteiger charge is -2.38. The van der Waals surface area contributed by atoms with E-state index in [2.05, 4.69) is 46.3 Å².